The lowest BCUT2D eigenvalue weighted by atomic mass is 9.96. The smallest absolute Gasteiger partial charge is 0.205 e. The lowest BCUT2D eigenvalue weighted by Gasteiger charge is -2.17. The monoisotopic (exact) mass is 189 g/mol. The summed E-state index contributed by atoms with van der Waals surface area (Å²) in [7, 11) is 0. The summed E-state index contributed by atoms with van der Waals surface area (Å²) < 4.78 is 24.8. The maximum atomic E-state index is 12.4. The van der Waals surface area contributed by atoms with Gasteiger partial charge in [-0.3, -0.25) is 0 Å². The van der Waals surface area contributed by atoms with Gasteiger partial charge in [-0.1, -0.05) is 19.1 Å². The number of thioether (sulfide) groups is 1. The lowest BCUT2D eigenvalue weighted by molar-refractivity contribution is 0.185. The van der Waals surface area contributed by atoms with E-state index in [4.69, 9.17) is 0 Å². The van der Waals surface area contributed by atoms with Gasteiger partial charge in [0.15, 0.2) is 0 Å². The molecule has 0 spiro atoms. The quantitative estimate of drug-likeness (QED) is 0.641. The molecule has 0 aromatic carbocycles. The molecule has 12 heavy (non-hydrogen) atoms. The summed E-state index contributed by atoms with van der Waals surface area (Å²) in [5, 5.41) is 0. The van der Waals surface area contributed by atoms with Crippen LogP contribution in [0.2, 0.25) is 0 Å². The molecule has 0 N–H and O–H groups in total. The van der Waals surface area contributed by atoms with E-state index in [0.29, 0.717) is 6.42 Å². The molecular formula is C9H11F2S. The second-order valence-electron chi connectivity index (χ2n) is 2.75. The van der Waals surface area contributed by atoms with Crippen molar-refractivity contribution in [3.8, 4) is 0 Å². The Balaban J connectivity index is 2.86. The summed E-state index contributed by atoms with van der Waals surface area (Å²) in [5.41, 5.74) is 0.266. The van der Waals surface area contributed by atoms with E-state index in [1.807, 2.05) is 19.3 Å². The van der Waals surface area contributed by atoms with Crippen molar-refractivity contribution >= 4 is 11.8 Å². The Morgan fingerprint density at radius 1 is 1.42 bits per heavy atom. The molecule has 0 bridgehead atoms. The molecule has 3 heteroatoms. The summed E-state index contributed by atoms with van der Waals surface area (Å²) in [5.74, 6) is 1.00. The molecule has 67 valence electrons. The van der Waals surface area contributed by atoms with Crippen LogP contribution in [-0.2, 0) is 0 Å². The van der Waals surface area contributed by atoms with Crippen LogP contribution >= 0.6 is 11.8 Å². The number of allylic oxidation sites excluding steroid dienone is 3. The molecule has 0 aromatic rings. The largest absolute Gasteiger partial charge is 0.261 e. The van der Waals surface area contributed by atoms with Gasteiger partial charge in [0.25, 0.3) is 6.43 Å². The highest BCUT2D eigenvalue weighted by molar-refractivity contribution is 8.02. The van der Waals surface area contributed by atoms with Crippen LogP contribution in [0.3, 0.4) is 0 Å². The molecule has 0 atom stereocenters. The fourth-order valence-corrected chi connectivity index (χ4v) is 1.78. The van der Waals surface area contributed by atoms with Crippen LogP contribution in [0.25, 0.3) is 0 Å². The summed E-state index contributed by atoms with van der Waals surface area (Å²) in [6.07, 6.45) is 3.60. The second-order valence-corrected chi connectivity index (χ2v) is 3.60. The molecule has 0 nitrogen and oxygen atoms in total. The second kappa shape index (κ2) is 4.08. The molecule has 0 unspecified atom stereocenters. The van der Waals surface area contributed by atoms with Crippen LogP contribution in [0.1, 0.15) is 13.3 Å². The van der Waals surface area contributed by atoms with Crippen molar-refractivity contribution in [3.63, 3.8) is 0 Å². The van der Waals surface area contributed by atoms with E-state index in [0.717, 1.165) is 10.8 Å². The number of alkyl halides is 2. The third kappa shape index (κ3) is 2.09. The average Bonchev–Trinajstić information content (AvgIpc) is 2.04. The molecule has 0 saturated carbocycles. The molecule has 0 aliphatic heterocycles. The first-order chi connectivity index (χ1) is 5.65. The van der Waals surface area contributed by atoms with Crippen molar-refractivity contribution in [3.05, 3.63) is 28.5 Å². The Kier molecular flexibility index (Phi) is 3.32. The van der Waals surface area contributed by atoms with Crippen LogP contribution < -0.4 is 0 Å². The molecule has 0 amide bonds. The molecule has 0 fully saturated rings. The Morgan fingerprint density at radius 2 is 2.08 bits per heavy atom. The highest BCUT2D eigenvalue weighted by atomic mass is 32.2. The van der Waals surface area contributed by atoms with Gasteiger partial charge in [-0.05, 0) is 18.6 Å². The number of hydrogen-bond acceptors (Lipinski definition) is 1. The van der Waals surface area contributed by atoms with Crippen molar-refractivity contribution in [2.24, 2.45) is 0 Å². The van der Waals surface area contributed by atoms with Gasteiger partial charge in [0, 0.05) is 10.5 Å². The van der Waals surface area contributed by atoms with Gasteiger partial charge in [0.2, 0.25) is 0 Å². The van der Waals surface area contributed by atoms with Gasteiger partial charge in [-0.15, -0.1) is 11.8 Å². The van der Waals surface area contributed by atoms with E-state index in [1.54, 1.807) is 6.08 Å². The summed E-state index contributed by atoms with van der Waals surface area (Å²) in [4.78, 5) is 0.718. The SMILES string of the molecule is CSC1=C(C(F)F)C[C](C)C=C1. The zero-order valence-electron chi connectivity index (χ0n) is 7.10. The highest BCUT2D eigenvalue weighted by Gasteiger charge is 2.20. The van der Waals surface area contributed by atoms with Gasteiger partial charge in [0.05, 0.1) is 0 Å². The molecule has 0 aromatic heterocycles. The molecular weight excluding hydrogens is 178 g/mol. The lowest BCUT2D eigenvalue weighted by Crippen LogP contribution is -2.06. The zero-order valence-corrected chi connectivity index (χ0v) is 7.92. The predicted molar refractivity (Wildman–Crippen MR) is 49.2 cm³/mol. The first-order valence-corrected chi connectivity index (χ1v) is 4.93. The third-order valence-corrected chi connectivity index (χ3v) is 2.63. The normalized spacial score (nSPS) is 19.4. The van der Waals surface area contributed by atoms with Gasteiger partial charge >= 0.3 is 0 Å². The van der Waals surface area contributed by atoms with Crippen LogP contribution in [0.4, 0.5) is 8.78 Å². The molecule has 1 aliphatic rings. The first kappa shape index (κ1) is 9.78. The predicted octanol–water partition coefficient (Wildman–Crippen LogP) is 3.42. The van der Waals surface area contributed by atoms with Crippen LogP contribution in [0, 0.1) is 5.92 Å². The van der Waals surface area contributed by atoms with Crippen LogP contribution in [0.5, 0.6) is 0 Å². The Bertz CT molecular complexity index is 219. The van der Waals surface area contributed by atoms with E-state index in [-0.39, 0.29) is 5.57 Å². The topological polar surface area (TPSA) is 0 Å². The van der Waals surface area contributed by atoms with Crippen molar-refractivity contribution in [1.29, 1.82) is 0 Å². The molecule has 1 radical (unpaired) electrons. The summed E-state index contributed by atoms with van der Waals surface area (Å²) in [6, 6.07) is 0. The average molecular weight is 189 g/mol. The highest BCUT2D eigenvalue weighted by Crippen LogP contribution is 2.33. The molecule has 0 saturated heterocycles. The van der Waals surface area contributed by atoms with E-state index in [1.165, 1.54) is 11.8 Å². The van der Waals surface area contributed by atoms with E-state index in [9.17, 15) is 8.78 Å². The standard InChI is InChI=1S/C9H11F2S/c1-6-3-4-8(12-2)7(5-6)9(10)11/h3-4,9H,5H2,1-2H3. The van der Waals surface area contributed by atoms with Crippen LogP contribution in [0.15, 0.2) is 22.6 Å². The number of rotatable bonds is 2. The Morgan fingerprint density at radius 3 is 2.58 bits per heavy atom. The van der Waals surface area contributed by atoms with Crippen LogP contribution in [-0.4, -0.2) is 12.7 Å². The molecule has 1 rings (SSSR count). The third-order valence-electron chi connectivity index (χ3n) is 1.79. The molecule has 0 heterocycles. The Labute approximate surface area is 75.7 Å². The van der Waals surface area contributed by atoms with Crippen molar-refractivity contribution in [2.75, 3.05) is 6.26 Å². The summed E-state index contributed by atoms with van der Waals surface area (Å²) in [6.45, 7) is 1.87. The van der Waals surface area contributed by atoms with Gasteiger partial charge in [0.1, 0.15) is 0 Å². The first-order valence-electron chi connectivity index (χ1n) is 3.71. The van der Waals surface area contributed by atoms with Crippen molar-refractivity contribution < 1.29 is 8.78 Å². The minimum Gasteiger partial charge on any atom is -0.205 e. The number of halogens is 2. The maximum Gasteiger partial charge on any atom is 0.261 e. The zero-order chi connectivity index (χ0) is 9.14. The van der Waals surface area contributed by atoms with E-state index in [2.05, 4.69) is 0 Å². The fraction of sp³-hybridized carbons (Fsp3) is 0.444. The van der Waals surface area contributed by atoms with Gasteiger partial charge < -0.3 is 0 Å². The van der Waals surface area contributed by atoms with Gasteiger partial charge in [-0.25, -0.2) is 8.78 Å². The summed E-state index contributed by atoms with van der Waals surface area (Å²) >= 11 is 1.38. The van der Waals surface area contributed by atoms with Gasteiger partial charge in [-0.2, -0.15) is 0 Å². The number of hydrogen-bond donors (Lipinski definition) is 0. The minimum absolute atomic E-state index is 0.266. The van der Waals surface area contributed by atoms with E-state index < -0.39 is 6.43 Å². The van der Waals surface area contributed by atoms with E-state index >= 15 is 0 Å². The van der Waals surface area contributed by atoms with Crippen molar-refractivity contribution in [1.82, 2.24) is 0 Å². The molecule has 1 aliphatic carbocycles. The Hall–Kier alpha value is -0.310. The maximum absolute atomic E-state index is 12.4. The van der Waals surface area contributed by atoms with Crippen molar-refractivity contribution in [2.45, 2.75) is 19.8 Å². The minimum atomic E-state index is -2.31. The fourth-order valence-electron chi connectivity index (χ4n) is 1.16.